The van der Waals surface area contributed by atoms with Crippen molar-refractivity contribution in [2.45, 2.75) is 25.4 Å². The van der Waals surface area contributed by atoms with E-state index in [1.807, 2.05) is 6.07 Å². The average Bonchev–Trinajstić information content (AvgIpc) is 3.21. The third-order valence-corrected chi connectivity index (χ3v) is 3.54. The molecule has 0 amide bonds. The van der Waals surface area contributed by atoms with Gasteiger partial charge >= 0.3 is 11.7 Å². The highest BCUT2D eigenvalue weighted by Crippen LogP contribution is 2.32. The van der Waals surface area contributed by atoms with Gasteiger partial charge < -0.3 is 10.4 Å². The fraction of sp³-hybridized carbons (Fsp3) is 0.462. The number of hydrogen-bond acceptors (Lipinski definition) is 4. The van der Waals surface area contributed by atoms with Crippen LogP contribution in [0.3, 0.4) is 0 Å². The van der Waals surface area contributed by atoms with Crippen LogP contribution in [0.25, 0.3) is 5.65 Å². The van der Waals surface area contributed by atoms with E-state index in [9.17, 15) is 9.59 Å². The van der Waals surface area contributed by atoms with Crippen LogP contribution in [0.2, 0.25) is 0 Å². The van der Waals surface area contributed by atoms with Crippen LogP contribution in [0, 0.1) is 5.92 Å². The van der Waals surface area contributed by atoms with Crippen LogP contribution in [0.15, 0.2) is 29.2 Å². The number of carbonyl (C=O) groups is 1. The molecule has 7 nitrogen and oxygen atoms in total. The van der Waals surface area contributed by atoms with Crippen LogP contribution < -0.4 is 11.0 Å². The predicted octanol–water partition coefficient (Wildman–Crippen LogP) is -0.0512. The van der Waals surface area contributed by atoms with Gasteiger partial charge in [0.25, 0.3) is 0 Å². The van der Waals surface area contributed by atoms with Crippen molar-refractivity contribution in [1.82, 2.24) is 19.5 Å². The third kappa shape index (κ3) is 2.44. The van der Waals surface area contributed by atoms with E-state index in [1.165, 1.54) is 9.08 Å². The molecule has 106 valence electrons. The first kappa shape index (κ1) is 12.9. The summed E-state index contributed by atoms with van der Waals surface area (Å²) in [6.45, 7) is 0.772. The van der Waals surface area contributed by atoms with Crippen molar-refractivity contribution in [1.29, 1.82) is 0 Å². The Kier molecular flexibility index (Phi) is 3.27. The second-order valence-electron chi connectivity index (χ2n) is 5.04. The van der Waals surface area contributed by atoms with Crippen LogP contribution in [0.5, 0.6) is 0 Å². The van der Waals surface area contributed by atoms with Gasteiger partial charge in [-0.1, -0.05) is 6.07 Å². The molecule has 2 aromatic heterocycles. The molecule has 2 heterocycles. The summed E-state index contributed by atoms with van der Waals surface area (Å²) in [6.07, 6.45) is 3.58. The van der Waals surface area contributed by atoms with E-state index in [-0.39, 0.29) is 11.6 Å². The SMILES string of the molecule is O=C(O)C(NCCn1nc2ccccn2c1=O)C1CC1. The van der Waals surface area contributed by atoms with Gasteiger partial charge in [-0.05, 0) is 30.9 Å². The van der Waals surface area contributed by atoms with Crippen molar-refractivity contribution >= 4 is 11.6 Å². The highest BCUT2D eigenvalue weighted by molar-refractivity contribution is 5.74. The van der Waals surface area contributed by atoms with Gasteiger partial charge in [0.1, 0.15) is 6.04 Å². The number of carboxylic acid groups (broad SMARTS) is 1. The van der Waals surface area contributed by atoms with E-state index in [1.54, 1.807) is 18.3 Å². The summed E-state index contributed by atoms with van der Waals surface area (Å²) < 4.78 is 2.82. The van der Waals surface area contributed by atoms with Gasteiger partial charge in [0.2, 0.25) is 0 Å². The zero-order valence-electron chi connectivity index (χ0n) is 10.9. The lowest BCUT2D eigenvalue weighted by molar-refractivity contribution is -0.140. The van der Waals surface area contributed by atoms with Crippen LogP contribution in [0.4, 0.5) is 0 Å². The molecule has 1 fully saturated rings. The Morgan fingerprint density at radius 3 is 2.95 bits per heavy atom. The normalized spacial score (nSPS) is 16.4. The molecule has 3 rings (SSSR count). The van der Waals surface area contributed by atoms with E-state index < -0.39 is 12.0 Å². The van der Waals surface area contributed by atoms with Crippen molar-refractivity contribution in [2.24, 2.45) is 5.92 Å². The summed E-state index contributed by atoms with van der Waals surface area (Å²) in [5.41, 5.74) is 0.384. The van der Waals surface area contributed by atoms with Gasteiger partial charge in [-0.3, -0.25) is 9.20 Å². The smallest absolute Gasteiger partial charge is 0.350 e. The van der Waals surface area contributed by atoms with Crippen molar-refractivity contribution in [3.05, 3.63) is 34.9 Å². The number of nitrogens with one attached hydrogen (secondary N) is 1. The van der Waals surface area contributed by atoms with Gasteiger partial charge in [0.15, 0.2) is 5.65 Å². The maximum atomic E-state index is 12.0. The molecule has 0 aromatic carbocycles. The maximum Gasteiger partial charge on any atom is 0.350 e. The molecule has 1 unspecified atom stereocenters. The Bertz CT molecular complexity index is 686. The molecule has 20 heavy (non-hydrogen) atoms. The molecule has 1 aliphatic rings. The van der Waals surface area contributed by atoms with E-state index in [4.69, 9.17) is 5.11 Å². The minimum Gasteiger partial charge on any atom is -0.480 e. The Labute approximate surface area is 114 Å². The molecule has 0 aliphatic heterocycles. The maximum absolute atomic E-state index is 12.0. The number of fused-ring (bicyclic) bond motifs is 1. The quantitative estimate of drug-likeness (QED) is 0.772. The standard InChI is InChI=1S/C13H16N4O3/c18-12(19)11(9-4-5-9)14-6-8-17-13(20)16-7-2-1-3-10(16)15-17/h1-3,7,9,11,14H,4-6,8H2,(H,18,19). The summed E-state index contributed by atoms with van der Waals surface area (Å²) in [5, 5.41) is 16.3. The lowest BCUT2D eigenvalue weighted by Crippen LogP contribution is -2.41. The second kappa shape index (κ2) is 5.09. The van der Waals surface area contributed by atoms with Crippen molar-refractivity contribution < 1.29 is 9.90 Å². The Morgan fingerprint density at radius 2 is 2.30 bits per heavy atom. The third-order valence-electron chi connectivity index (χ3n) is 3.54. The van der Waals surface area contributed by atoms with Crippen molar-refractivity contribution in [3.63, 3.8) is 0 Å². The van der Waals surface area contributed by atoms with Crippen molar-refractivity contribution in [3.8, 4) is 0 Å². The first-order valence-corrected chi connectivity index (χ1v) is 6.67. The Morgan fingerprint density at radius 1 is 1.50 bits per heavy atom. The number of aromatic nitrogens is 3. The van der Waals surface area contributed by atoms with Gasteiger partial charge in [-0.25, -0.2) is 9.48 Å². The molecule has 2 aromatic rings. The molecule has 0 spiro atoms. The lowest BCUT2D eigenvalue weighted by Gasteiger charge is -2.12. The number of nitrogens with zero attached hydrogens (tertiary/aromatic N) is 3. The van der Waals surface area contributed by atoms with E-state index in [0.29, 0.717) is 18.7 Å². The van der Waals surface area contributed by atoms with Gasteiger partial charge in [-0.2, -0.15) is 0 Å². The number of aliphatic carboxylic acids is 1. The van der Waals surface area contributed by atoms with E-state index in [2.05, 4.69) is 10.4 Å². The van der Waals surface area contributed by atoms with Crippen LogP contribution >= 0.6 is 0 Å². The van der Waals surface area contributed by atoms with Crippen LogP contribution in [0.1, 0.15) is 12.8 Å². The van der Waals surface area contributed by atoms with Crippen LogP contribution in [-0.2, 0) is 11.3 Å². The molecule has 0 bridgehead atoms. The lowest BCUT2D eigenvalue weighted by atomic mass is 10.2. The van der Waals surface area contributed by atoms with Gasteiger partial charge in [0, 0.05) is 12.7 Å². The summed E-state index contributed by atoms with van der Waals surface area (Å²) in [5.74, 6) is -0.597. The molecule has 2 N–H and O–H groups in total. The average molecular weight is 276 g/mol. The first-order valence-electron chi connectivity index (χ1n) is 6.67. The van der Waals surface area contributed by atoms with Crippen molar-refractivity contribution in [2.75, 3.05) is 6.54 Å². The zero-order chi connectivity index (χ0) is 14.1. The second-order valence-corrected chi connectivity index (χ2v) is 5.04. The molecular weight excluding hydrogens is 260 g/mol. The predicted molar refractivity (Wildman–Crippen MR) is 71.6 cm³/mol. The molecule has 0 radical (unpaired) electrons. The molecule has 1 aliphatic carbocycles. The monoisotopic (exact) mass is 276 g/mol. The number of hydrogen-bond donors (Lipinski definition) is 2. The molecular formula is C13H16N4O3. The fourth-order valence-corrected chi connectivity index (χ4v) is 2.32. The number of carboxylic acids is 1. The van der Waals surface area contributed by atoms with E-state index in [0.717, 1.165) is 12.8 Å². The number of rotatable bonds is 6. The molecule has 0 saturated heterocycles. The topological polar surface area (TPSA) is 88.6 Å². The van der Waals surface area contributed by atoms with Gasteiger partial charge in [-0.15, -0.1) is 5.10 Å². The summed E-state index contributed by atoms with van der Waals surface area (Å²) >= 11 is 0. The fourth-order valence-electron chi connectivity index (χ4n) is 2.32. The summed E-state index contributed by atoms with van der Waals surface area (Å²) in [6, 6.07) is 4.84. The Balaban J connectivity index is 1.66. The van der Waals surface area contributed by atoms with Crippen LogP contribution in [-0.4, -0.2) is 37.8 Å². The summed E-state index contributed by atoms with van der Waals surface area (Å²) in [7, 11) is 0. The first-order chi connectivity index (χ1) is 9.66. The molecule has 7 heteroatoms. The minimum absolute atomic E-state index is 0.208. The van der Waals surface area contributed by atoms with Gasteiger partial charge in [0.05, 0.1) is 6.54 Å². The molecule has 1 saturated carbocycles. The highest BCUT2D eigenvalue weighted by atomic mass is 16.4. The Hall–Kier alpha value is -2.15. The highest BCUT2D eigenvalue weighted by Gasteiger charge is 2.35. The summed E-state index contributed by atoms with van der Waals surface area (Å²) in [4.78, 5) is 23.1. The molecule has 1 atom stereocenters. The zero-order valence-corrected chi connectivity index (χ0v) is 10.9. The van der Waals surface area contributed by atoms with E-state index >= 15 is 0 Å². The minimum atomic E-state index is -0.824. The largest absolute Gasteiger partial charge is 0.480 e. The number of pyridine rings is 1.